The van der Waals surface area contributed by atoms with E-state index in [0.717, 1.165) is 0 Å². The number of aromatic amines is 1. The van der Waals surface area contributed by atoms with E-state index in [1.165, 1.54) is 12.5 Å². The van der Waals surface area contributed by atoms with Gasteiger partial charge >= 0.3 is 5.97 Å². The van der Waals surface area contributed by atoms with Crippen LogP contribution in [0, 0.1) is 5.92 Å². The van der Waals surface area contributed by atoms with E-state index < -0.39 is 60.2 Å². The van der Waals surface area contributed by atoms with E-state index in [1.54, 1.807) is 0 Å². The van der Waals surface area contributed by atoms with Gasteiger partial charge in [0.05, 0.1) is 18.8 Å². The summed E-state index contributed by atoms with van der Waals surface area (Å²) in [6, 6.07) is -4.70. The van der Waals surface area contributed by atoms with Crippen molar-refractivity contribution in [3.05, 3.63) is 18.2 Å². The van der Waals surface area contributed by atoms with Crippen LogP contribution in [0.15, 0.2) is 12.5 Å². The Labute approximate surface area is 209 Å². The Hall–Kier alpha value is -3.52. The highest BCUT2D eigenvalue weighted by Crippen LogP contribution is 2.08. The fraction of sp³-hybridized carbons (Fsp3) is 0.636. The van der Waals surface area contributed by atoms with E-state index in [9.17, 15) is 29.1 Å². The second-order valence-corrected chi connectivity index (χ2v) is 8.99. The molecular formula is C22H38N8O6. The standard InChI is InChI=1S/C22H38N8O6/c1-12(2)7-15(28-19(32)14(24)5-3-4-6-23)20(33)29-16(9-18(25)31)21(34)30-17(22(35)36)8-13-10-26-11-27-13/h10-12,14-17H,3-9,23-24H2,1-2H3,(H2,25,31)(H,26,27)(H,28,32)(H,29,33)(H,30,34)(H,35,36). The Bertz CT molecular complexity index is 876. The summed E-state index contributed by atoms with van der Waals surface area (Å²) in [6.07, 6.45) is 4.06. The largest absolute Gasteiger partial charge is 0.480 e. The van der Waals surface area contributed by atoms with Gasteiger partial charge in [0.2, 0.25) is 23.6 Å². The lowest BCUT2D eigenvalue weighted by molar-refractivity contribution is -0.142. The molecule has 0 aliphatic heterocycles. The van der Waals surface area contributed by atoms with Crippen LogP contribution < -0.4 is 33.2 Å². The first-order valence-corrected chi connectivity index (χ1v) is 11.8. The van der Waals surface area contributed by atoms with Crippen molar-refractivity contribution in [1.82, 2.24) is 25.9 Å². The first-order valence-electron chi connectivity index (χ1n) is 11.8. The maximum atomic E-state index is 13.0. The Morgan fingerprint density at radius 2 is 1.61 bits per heavy atom. The fourth-order valence-corrected chi connectivity index (χ4v) is 3.39. The van der Waals surface area contributed by atoms with E-state index in [4.69, 9.17) is 17.2 Å². The predicted molar refractivity (Wildman–Crippen MR) is 130 cm³/mol. The molecule has 11 N–H and O–H groups in total. The summed E-state index contributed by atoms with van der Waals surface area (Å²) >= 11 is 0. The minimum atomic E-state index is -1.46. The number of hydrogen-bond donors (Lipinski definition) is 8. The number of hydrogen-bond acceptors (Lipinski definition) is 8. The van der Waals surface area contributed by atoms with Gasteiger partial charge in [0.1, 0.15) is 18.1 Å². The molecule has 1 aromatic heterocycles. The third-order valence-electron chi connectivity index (χ3n) is 5.28. The summed E-state index contributed by atoms with van der Waals surface area (Å²) in [5.74, 6) is -4.40. The number of carboxylic acids is 1. The van der Waals surface area contributed by atoms with Crippen molar-refractivity contribution in [2.24, 2.45) is 23.1 Å². The van der Waals surface area contributed by atoms with Crippen LogP contribution in [-0.4, -0.2) is 75.4 Å². The average Bonchev–Trinajstić information content (AvgIpc) is 3.30. The van der Waals surface area contributed by atoms with Crippen molar-refractivity contribution in [2.45, 2.75) is 76.5 Å². The predicted octanol–water partition coefficient (Wildman–Crippen LogP) is -2.13. The molecule has 1 aromatic rings. The molecule has 0 aliphatic carbocycles. The lowest BCUT2D eigenvalue weighted by Gasteiger charge is -2.25. The number of aromatic nitrogens is 2. The molecule has 0 aromatic carbocycles. The number of primary amides is 1. The van der Waals surface area contributed by atoms with Crippen molar-refractivity contribution in [1.29, 1.82) is 0 Å². The van der Waals surface area contributed by atoms with Gasteiger partial charge in [-0.05, 0) is 31.7 Å². The molecule has 4 amide bonds. The smallest absolute Gasteiger partial charge is 0.326 e. The van der Waals surface area contributed by atoms with Gasteiger partial charge in [0, 0.05) is 18.3 Å². The second-order valence-electron chi connectivity index (χ2n) is 8.99. The molecule has 1 heterocycles. The van der Waals surface area contributed by atoms with Crippen LogP contribution in [0.5, 0.6) is 0 Å². The number of carbonyl (C=O) groups excluding carboxylic acids is 4. The molecule has 14 heteroatoms. The number of carboxylic acid groups (broad SMARTS) is 1. The van der Waals surface area contributed by atoms with E-state index in [1.807, 2.05) is 13.8 Å². The topological polar surface area (TPSA) is 248 Å². The number of nitrogens with zero attached hydrogens (tertiary/aromatic N) is 1. The van der Waals surface area contributed by atoms with Crippen LogP contribution in [0.2, 0.25) is 0 Å². The van der Waals surface area contributed by atoms with Crippen molar-refractivity contribution >= 4 is 29.6 Å². The van der Waals surface area contributed by atoms with E-state index >= 15 is 0 Å². The van der Waals surface area contributed by atoms with E-state index in [2.05, 4.69) is 25.9 Å². The summed E-state index contributed by atoms with van der Waals surface area (Å²) in [5, 5.41) is 16.8. The number of unbranched alkanes of at least 4 members (excludes halogenated alkanes) is 1. The van der Waals surface area contributed by atoms with Gasteiger partial charge in [0.15, 0.2) is 0 Å². The SMILES string of the molecule is CC(C)CC(NC(=O)C(N)CCCCN)C(=O)NC(CC(N)=O)C(=O)NC(Cc1cnc[nH]1)C(=O)O. The Morgan fingerprint density at radius 3 is 2.14 bits per heavy atom. The molecule has 0 aliphatic rings. The molecule has 0 saturated heterocycles. The third kappa shape index (κ3) is 11.3. The molecule has 4 unspecified atom stereocenters. The lowest BCUT2D eigenvalue weighted by Crippen LogP contribution is -2.58. The summed E-state index contributed by atoms with van der Waals surface area (Å²) in [7, 11) is 0. The Balaban J connectivity index is 2.94. The van der Waals surface area contributed by atoms with Crippen LogP contribution in [0.25, 0.3) is 0 Å². The maximum absolute atomic E-state index is 13.0. The Kier molecular flexibility index (Phi) is 13.1. The number of aliphatic carboxylic acids is 1. The zero-order chi connectivity index (χ0) is 27.3. The highest BCUT2D eigenvalue weighted by atomic mass is 16.4. The van der Waals surface area contributed by atoms with Gasteiger partial charge in [-0.3, -0.25) is 19.2 Å². The van der Waals surface area contributed by atoms with Crippen molar-refractivity contribution in [2.75, 3.05) is 6.54 Å². The number of amides is 4. The minimum Gasteiger partial charge on any atom is -0.480 e. The summed E-state index contributed by atoms with van der Waals surface area (Å²) < 4.78 is 0. The van der Waals surface area contributed by atoms with Crippen molar-refractivity contribution in [3.63, 3.8) is 0 Å². The molecule has 0 fully saturated rings. The number of imidazole rings is 1. The minimum absolute atomic E-state index is 0.0104. The quantitative estimate of drug-likeness (QED) is 0.106. The summed E-state index contributed by atoms with van der Waals surface area (Å²) in [5.41, 5.74) is 17.1. The molecule has 0 radical (unpaired) electrons. The van der Waals surface area contributed by atoms with Gasteiger partial charge < -0.3 is 43.2 Å². The Morgan fingerprint density at radius 1 is 1.00 bits per heavy atom. The number of nitrogens with one attached hydrogen (secondary N) is 4. The molecule has 1 rings (SSSR count). The fourth-order valence-electron chi connectivity index (χ4n) is 3.39. The van der Waals surface area contributed by atoms with E-state index in [0.29, 0.717) is 31.5 Å². The average molecular weight is 511 g/mol. The van der Waals surface area contributed by atoms with Crippen molar-refractivity contribution in [3.8, 4) is 0 Å². The monoisotopic (exact) mass is 510 g/mol. The number of carbonyl (C=O) groups is 5. The molecule has 0 spiro atoms. The first-order chi connectivity index (χ1) is 16.9. The molecule has 0 saturated carbocycles. The van der Waals surface area contributed by atoms with Gasteiger partial charge in [-0.1, -0.05) is 20.3 Å². The molecule has 14 nitrogen and oxygen atoms in total. The third-order valence-corrected chi connectivity index (χ3v) is 5.28. The van der Waals surface area contributed by atoms with Gasteiger partial charge in [0.25, 0.3) is 0 Å². The normalized spacial score (nSPS) is 14.4. The first kappa shape index (κ1) is 30.5. The highest BCUT2D eigenvalue weighted by molar-refractivity contribution is 5.96. The van der Waals surface area contributed by atoms with Crippen LogP contribution in [0.1, 0.15) is 51.6 Å². The van der Waals surface area contributed by atoms with Crippen LogP contribution in [-0.2, 0) is 30.4 Å². The van der Waals surface area contributed by atoms with Crippen LogP contribution in [0.3, 0.4) is 0 Å². The van der Waals surface area contributed by atoms with Gasteiger partial charge in [-0.25, -0.2) is 9.78 Å². The summed E-state index contributed by atoms with van der Waals surface area (Å²) in [6.45, 7) is 4.16. The van der Waals surface area contributed by atoms with Gasteiger partial charge in [-0.2, -0.15) is 0 Å². The summed E-state index contributed by atoms with van der Waals surface area (Å²) in [4.78, 5) is 68.2. The molecular weight excluding hydrogens is 472 g/mol. The zero-order valence-electron chi connectivity index (χ0n) is 20.7. The highest BCUT2D eigenvalue weighted by Gasteiger charge is 2.31. The van der Waals surface area contributed by atoms with Crippen LogP contribution in [0.4, 0.5) is 0 Å². The van der Waals surface area contributed by atoms with Gasteiger partial charge in [-0.15, -0.1) is 0 Å². The zero-order valence-corrected chi connectivity index (χ0v) is 20.7. The van der Waals surface area contributed by atoms with E-state index in [-0.39, 0.29) is 18.8 Å². The maximum Gasteiger partial charge on any atom is 0.326 e. The molecule has 0 bridgehead atoms. The van der Waals surface area contributed by atoms with Crippen LogP contribution >= 0.6 is 0 Å². The lowest BCUT2D eigenvalue weighted by atomic mass is 10.0. The van der Waals surface area contributed by atoms with Crippen molar-refractivity contribution < 1.29 is 29.1 Å². The number of nitrogens with two attached hydrogens (primary N) is 3. The number of rotatable bonds is 17. The molecule has 202 valence electrons. The molecule has 36 heavy (non-hydrogen) atoms. The number of H-pyrrole nitrogens is 1. The second kappa shape index (κ2) is 15.5. The molecule has 4 atom stereocenters.